The van der Waals surface area contributed by atoms with Gasteiger partial charge in [-0.15, -0.1) is 0 Å². The number of aliphatic hydroxyl groups excluding tert-OH is 1. The van der Waals surface area contributed by atoms with Gasteiger partial charge in [0.15, 0.2) is 6.04 Å². The van der Waals surface area contributed by atoms with Crippen molar-refractivity contribution in [2.45, 2.75) is 12.1 Å². The number of benzene rings is 1. The van der Waals surface area contributed by atoms with Gasteiger partial charge in [-0.05, 0) is 17.7 Å². The van der Waals surface area contributed by atoms with Crippen LogP contribution in [0.15, 0.2) is 24.3 Å². The van der Waals surface area contributed by atoms with Gasteiger partial charge >= 0.3 is 5.97 Å². The number of amides is 1. The lowest BCUT2D eigenvalue weighted by Gasteiger charge is -2.18. The molecule has 0 radical (unpaired) electrons. The molecule has 0 spiro atoms. The second kappa shape index (κ2) is 5.86. The summed E-state index contributed by atoms with van der Waals surface area (Å²) in [5.41, 5.74) is 0.382. The lowest BCUT2D eigenvalue weighted by atomic mass is 10.0. The molecular formula is C11H13NO5. The number of nitrogens with one attached hydrogen (secondary N) is 1. The third-order valence-corrected chi connectivity index (χ3v) is 2.29. The summed E-state index contributed by atoms with van der Waals surface area (Å²) in [5.74, 6) is -0.711. The van der Waals surface area contributed by atoms with Crippen molar-refractivity contribution in [1.82, 2.24) is 5.32 Å². The Kier molecular flexibility index (Phi) is 4.47. The average Bonchev–Trinajstić information content (AvgIpc) is 2.35. The first kappa shape index (κ1) is 13.0. The van der Waals surface area contributed by atoms with E-state index in [1.807, 2.05) is 5.32 Å². The summed E-state index contributed by atoms with van der Waals surface area (Å²) in [4.78, 5) is 21.1. The van der Waals surface area contributed by atoms with Crippen LogP contribution < -0.4 is 10.1 Å². The average molecular weight is 239 g/mol. The van der Waals surface area contributed by atoms with Crippen LogP contribution in [-0.2, 0) is 9.59 Å². The van der Waals surface area contributed by atoms with Crippen molar-refractivity contribution < 1.29 is 24.5 Å². The lowest BCUT2D eigenvalue weighted by molar-refractivity contribution is -0.143. The summed E-state index contributed by atoms with van der Waals surface area (Å²) in [6, 6.07) is 4.88. The number of carboxylic acids is 1. The predicted octanol–water partition coefficient (Wildman–Crippen LogP) is -0.0722. The van der Waals surface area contributed by atoms with Crippen LogP contribution in [0.2, 0.25) is 0 Å². The third kappa shape index (κ3) is 3.18. The number of aliphatic carboxylic acids is 1. The molecule has 0 aliphatic carbocycles. The van der Waals surface area contributed by atoms with Gasteiger partial charge in [-0.25, -0.2) is 4.79 Å². The molecule has 1 aromatic carbocycles. The van der Waals surface area contributed by atoms with Crippen LogP contribution in [0.1, 0.15) is 11.7 Å². The van der Waals surface area contributed by atoms with Crippen molar-refractivity contribution in [2.24, 2.45) is 0 Å². The minimum atomic E-state index is -1.37. The Hall–Kier alpha value is -2.08. The molecule has 2 unspecified atom stereocenters. The number of ether oxygens (including phenoxy) is 1. The molecule has 92 valence electrons. The molecule has 2 atom stereocenters. The number of rotatable bonds is 6. The molecule has 3 N–H and O–H groups in total. The molecule has 0 aliphatic rings. The standard InChI is InChI=1S/C11H13NO5/c1-17-8-4-2-7(3-5-8)10(14)9(11(15)16)12-6-13/h2-6,9-10,14H,1H3,(H,12,13)(H,15,16). The molecule has 17 heavy (non-hydrogen) atoms. The summed E-state index contributed by atoms with van der Waals surface area (Å²) in [7, 11) is 1.50. The Morgan fingerprint density at radius 2 is 2.00 bits per heavy atom. The largest absolute Gasteiger partial charge is 0.497 e. The summed E-state index contributed by atoms with van der Waals surface area (Å²) >= 11 is 0. The van der Waals surface area contributed by atoms with E-state index in [0.717, 1.165) is 0 Å². The van der Waals surface area contributed by atoms with Gasteiger partial charge in [0, 0.05) is 0 Å². The second-order valence-electron chi connectivity index (χ2n) is 3.32. The van der Waals surface area contributed by atoms with Crippen LogP contribution >= 0.6 is 0 Å². The van der Waals surface area contributed by atoms with Crippen molar-refractivity contribution >= 4 is 12.4 Å². The van der Waals surface area contributed by atoms with Crippen LogP contribution in [0.5, 0.6) is 5.75 Å². The van der Waals surface area contributed by atoms with Gasteiger partial charge in [-0.2, -0.15) is 0 Å². The molecule has 0 aliphatic heterocycles. The molecule has 0 heterocycles. The summed E-state index contributed by atoms with van der Waals surface area (Å²) < 4.78 is 4.93. The van der Waals surface area contributed by atoms with Crippen molar-refractivity contribution in [3.05, 3.63) is 29.8 Å². The Bertz CT molecular complexity index is 389. The highest BCUT2D eigenvalue weighted by Crippen LogP contribution is 2.20. The fourth-order valence-electron chi connectivity index (χ4n) is 1.36. The minimum Gasteiger partial charge on any atom is -0.497 e. The maximum absolute atomic E-state index is 10.8. The summed E-state index contributed by atoms with van der Waals surface area (Å²) in [5, 5.41) is 20.7. The van der Waals surface area contributed by atoms with Crippen molar-refractivity contribution in [3.63, 3.8) is 0 Å². The van der Waals surface area contributed by atoms with E-state index in [1.54, 1.807) is 12.1 Å². The SMILES string of the molecule is COc1ccc(C(O)C(NC=O)C(=O)O)cc1. The van der Waals surface area contributed by atoms with Gasteiger partial charge in [0.2, 0.25) is 6.41 Å². The summed E-state index contributed by atoms with van der Waals surface area (Å²) in [6.07, 6.45) is -1.07. The number of methoxy groups -OCH3 is 1. The highest BCUT2D eigenvalue weighted by atomic mass is 16.5. The van der Waals surface area contributed by atoms with Crippen LogP contribution in [0.25, 0.3) is 0 Å². The Labute approximate surface area is 97.8 Å². The molecule has 1 aromatic rings. The number of carbonyl (C=O) groups is 2. The van der Waals surface area contributed by atoms with E-state index in [2.05, 4.69) is 0 Å². The molecule has 0 saturated carbocycles. The highest BCUT2D eigenvalue weighted by Gasteiger charge is 2.27. The maximum atomic E-state index is 10.8. The quantitative estimate of drug-likeness (QED) is 0.604. The van der Waals surface area contributed by atoms with Gasteiger partial charge in [-0.3, -0.25) is 4.79 Å². The zero-order valence-electron chi connectivity index (χ0n) is 9.16. The molecule has 0 saturated heterocycles. The Morgan fingerprint density at radius 1 is 1.41 bits per heavy atom. The van der Waals surface area contributed by atoms with Gasteiger partial charge < -0.3 is 20.3 Å². The zero-order valence-corrected chi connectivity index (χ0v) is 9.16. The van der Waals surface area contributed by atoms with E-state index in [-0.39, 0.29) is 6.41 Å². The van der Waals surface area contributed by atoms with Crippen molar-refractivity contribution in [3.8, 4) is 5.75 Å². The van der Waals surface area contributed by atoms with Gasteiger partial charge in [0.1, 0.15) is 11.9 Å². The summed E-state index contributed by atoms with van der Waals surface area (Å²) in [6.45, 7) is 0. The first-order valence-corrected chi connectivity index (χ1v) is 4.84. The van der Waals surface area contributed by atoms with Crippen LogP contribution in [0, 0.1) is 0 Å². The van der Waals surface area contributed by atoms with E-state index in [0.29, 0.717) is 11.3 Å². The van der Waals surface area contributed by atoms with Gasteiger partial charge in [-0.1, -0.05) is 12.1 Å². The lowest BCUT2D eigenvalue weighted by Crippen LogP contribution is -2.40. The Balaban J connectivity index is 2.88. The molecule has 6 nitrogen and oxygen atoms in total. The molecule has 1 amide bonds. The fourth-order valence-corrected chi connectivity index (χ4v) is 1.36. The number of carboxylic acid groups (broad SMARTS) is 1. The first-order valence-electron chi connectivity index (χ1n) is 4.84. The van der Waals surface area contributed by atoms with Crippen LogP contribution in [0.3, 0.4) is 0 Å². The normalized spacial score (nSPS) is 13.5. The van der Waals surface area contributed by atoms with Crippen LogP contribution in [0.4, 0.5) is 0 Å². The molecule has 1 rings (SSSR count). The van der Waals surface area contributed by atoms with E-state index in [9.17, 15) is 14.7 Å². The molecule has 0 fully saturated rings. The zero-order chi connectivity index (χ0) is 12.8. The molecule has 0 aromatic heterocycles. The molecule has 0 bridgehead atoms. The van der Waals surface area contributed by atoms with Crippen LogP contribution in [-0.4, -0.2) is 35.7 Å². The van der Waals surface area contributed by atoms with Crippen molar-refractivity contribution in [1.29, 1.82) is 0 Å². The van der Waals surface area contributed by atoms with E-state index < -0.39 is 18.1 Å². The molecule has 6 heteroatoms. The topological polar surface area (TPSA) is 95.9 Å². The van der Waals surface area contributed by atoms with E-state index in [1.165, 1.54) is 19.2 Å². The maximum Gasteiger partial charge on any atom is 0.329 e. The van der Waals surface area contributed by atoms with Crippen molar-refractivity contribution in [2.75, 3.05) is 7.11 Å². The number of hydrogen-bond donors (Lipinski definition) is 3. The second-order valence-corrected chi connectivity index (χ2v) is 3.32. The first-order chi connectivity index (χ1) is 8.10. The highest BCUT2D eigenvalue weighted by molar-refractivity contribution is 5.77. The van der Waals surface area contributed by atoms with E-state index >= 15 is 0 Å². The number of hydrogen-bond acceptors (Lipinski definition) is 4. The predicted molar refractivity (Wildman–Crippen MR) is 58.6 cm³/mol. The Morgan fingerprint density at radius 3 is 2.41 bits per heavy atom. The smallest absolute Gasteiger partial charge is 0.329 e. The number of carbonyl (C=O) groups excluding carboxylic acids is 1. The third-order valence-electron chi connectivity index (χ3n) is 2.29. The minimum absolute atomic E-state index is 0.242. The number of aliphatic hydroxyl groups is 1. The molecular weight excluding hydrogens is 226 g/mol. The fraction of sp³-hybridized carbons (Fsp3) is 0.273. The van der Waals surface area contributed by atoms with Gasteiger partial charge in [0.05, 0.1) is 7.11 Å². The monoisotopic (exact) mass is 239 g/mol. The van der Waals surface area contributed by atoms with Gasteiger partial charge in [0.25, 0.3) is 0 Å². The van der Waals surface area contributed by atoms with E-state index in [4.69, 9.17) is 9.84 Å².